The predicted molar refractivity (Wildman–Crippen MR) is 108 cm³/mol. The summed E-state index contributed by atoms with van der Waals surface area (Å²) in [6, 6.07) is 18.5. The Labute approximate surface area is 169 Å². The van der Waals surface area contributed by atoms with Gasteiger partial charge in [-0.05, 0) is 23.5 Å². The van der Waals surface area contributed by atoms with Crippen LogP contribution in [0.5, 0.6) is 0 Å². The van der Waals surface area contributed by atoms with Crippen molar-refractivity contribution in [1.29, 1.82) is 0 Å². The highest BCUT2D eigenvalue weighted by molar-refractivity contribution is 5.84. The number of rotatable bonds is 8. The molecule has 1 fully saturated rings. The summed E-state index contributed by atoms with van der Waals surface area (Å²) < 4.78 is 5.11. The van der Waals surface area contributed by atoms with Crippen LogP contribution in [-0.4, -0.2) is 31.5 Å². The van der Waals surface area contributed by atoms with Gasteiger partial charge in [-0.15, -0.1) is 0 Å². The molecule has 152 valence electrons. The van der Waals surface area contributed by atoms with Crippen LogP contribution in [0.4, 0.5) is 4.79 Å². The second kappa shape index (κ2) is 9.73. The van der Waals surface area contributed by atoms with Gasteiger partial charge in [0.05, 0.1) is 6.04 Å². The van der Waals surface area contributed by atoms with Crippen LogP contribution in [-0.2, 0) is 20.9 Å². The number of alkyl carbamates (subject to hydrolysis) is 1. The monoisotopic (exact) mass is 395 g/mol. The molecule has 0 radical (unpaired) electrons. The van der Waals surface area contributed by atoms with E-state index in [-0.39, 0.29) is 42.8 Å². The number of hydrogen-bond acceptors (Lipinski definition) is 4. The molecule has 3 atom stereocenters. The minimum absolute atomic E-state index is 0.0206. The molecule has 0 spiro atoms. The Morgan fingerprint density at radius 3 is 2.34 bits per heavy atom. The first-order chi connectivity index (χ1) is 14.1. The standard InChI is InChI=1S/C22H25N3O4/c1-23-21(27)18-12-17(18)20(16-10-6-3-7-11-16)25-19(26)13-24-22(28)29-14-15-8-4-2-5-9-15/h2-11,17-18,20H,12-14H2,1H3,(H,23,27)(H,24,28)(H,25,26)/t17-,18-,20+/m1/s1. The van der Waals surface area contributed by atoms with Crippen LogP contribution < -0.4 is 16.0 Å². The Morgan fingerprint density at radius 1 is 1.03 bits per heavy atom. The lowest BCUT2D eigenvalue weighted by molar-refractivity contribution is -0.123. The van der Waals surface area contributed by atoms with E-state index < -0.39 is 6.09 Å². The van der Waals surface area contributed by atoms with Gasteiger partial charge in [-0.25, -0.2) is 4.79 Å². The zero-order valence-electron chi connectivity index (χ0n) is 16.3. The van der Waals surface area contributed by atoms with E-state index in [1.165, 1.54) is 0 Å². The van der Waals surface area contributed by atoms with Crippen molar-refractivity contribution in [2.45, 2.75) is 19.1 Å². The molecule has 0 unspecified atom stereocenters. The molecule has 1 aliphatic rings. The summed E-state index contributed by atoms with van der Waals surface area (Å²) in [5.74, 6) is -0.438. The Hall–Kier alpha value is -3.35. The van der Waals surface area contributed by atoms with E-state index in [9.17, 15) is 14.4 Å². The van der Waals surface area contributed by atoms with Crippen molar-refractivity contribution in [3.8, 4) is 0 Å². The maximum atomic E-state index is 12.4. The van der Waals surface area contributed by atoms with Crippen LogP contribution in [0, 0.1) is 11.8 Å². The lowest BCUT2D eigenvalue weighted by Crippen LogP contribution is -2.40. The maximum absolute atomic E-state index is 12.4. The number of ether oxygens (including phenoxy) is 1. The summed E-state index contributed by atoms with van der Waals surface area (Å²) in [5, 5.41) is 8.06. The zero-order valence-corrected chi connectivity index (χ0v) is 16.3. The summed E-state index contributed by atoms with van der Waals surface area (Å²) in [7, 11) is 1.61. The maximum Gasteiger partial charge on any atom is 0.407 e. The fraction of sp³-hybridized carbons (Fsp3) is 0.318. The Morgan fingerprint density at radius 2 is 1.69 bits per heavy atom. The molecule has 0 saturated heterocycles. The fourth-order valence-electron chi connectivity index (χ4n) is 3.32. The number of carbonyl (C=O) groups excluding carboxylic acids is 3. The van der Waals surface area contributed by atoms with Crippen molar-refractivity contribution in [3.05, 3.63) is 71.8 Å². The quantitative estimate of drug-likeness (QED) is 0.638. The number of hydrogen-bond donors (Lipinski definition) is 3. The molecule has 7 heteroatoms. The van der Waals surface area contributed by atoms with E-state index >= 15 is 0 Å². The predicted octanol–water partition coefficient (Wildman–Crippen LogP) is 2.15. The van der Waals surface area contributed by atoms with Gasteiger partial charge in [0.2, 0.25) is 11.8 Å². The van der Waals surface area contributed by atoms with E-state index in [0.29, 0.717) is 6.42 Å². The average Bonchev–Trinajstić information content (AvgIpc) is 3.56. The Bertz CT molecular complexity index is 842. The van der Waals surface area contributed by atoms with Crippen molar-refractivity contribution in [2.24, 2.45) is 11.8 Å². The average molecular weight is 395 g/mol. The van der Waals surface area contributed by atoms with E-state index in [4.69, 9.17) is 4.74 Å². The third-order valence-electron chi connectivity index (χ3n) is 4.93. The first kappa shape index (κ1) is 20.4. The van der Waals surface area contributed by atoms with Crippen LogP contribution in [0.15, 0.2) is 60.7 Å². The highest BCUT2D eigenvalue weighted by Gasteiger charge is 2.48. The van der Waals surface area contributed by atoms with Crippen LogP contribution in [0.3, 0.4) is 0 Å². The molecule has 3 N–H and O–H groups in total. The van der Waals surface area contributed by atoms with Gasteiger partial charge < -0.3 is 20.7 Å². The largest absolute Gasteiger partial charge is 0.445 e. The van der Waals surface area contributed by atoms with Gasteiger partial charge in [-0.2, -0.15) is 0 Å². The summed E-state index contributed by atoms with van der Waals surface area (Å²) in [4.78, 5) is 36.2. The molecule has 0 heterocycles. The highest BCUT2D eigenvalue weighted by atomic mass is 16.5. The molecule has 0 aromatic heterocycles. The van der Waals surface area contributed by atoms with Gasteiger partial charge in [-0.1, -0.05) is 60.7 Å². The molecule has 3 amide bonds. The molecule has 1 aliphatic carbocycles. The molecule has 29 heavy (non-hydrogen) atoms. The molecule has 0 bridgehead atoms. The minimum atomic E-state index is -0.657. The molecule has 2 aromatic carbocycles. The van der Waals surface area contributed by atoms with E-state index in [1.54, 1.807) is 7.05 Å². The lowest BCUT2D eigenvalue weighted by atomic mass is 10.0. The summed E-state index contributed by atoms with van der Waals surface area (Å²) in [6.07, 6.45) is 0.0569. The number of amides is 3. The molecule has 1 saturated carbocycles. The third-order valence-corrected chi connectivity index (χ3v) is 4.93. The summed E-state index contributed by atoms with van der Waals surface area (Å²) in [5.41, 5.74) is 1.80. The Balaban J connectivity index is 1.51. The van der Waals surface area contributed by atoms with Gasteiger partial charge in [0, 0.05) is 13.0 Å². The fourth-order valence-corrected chi connectivity index (χ4v) is 3.32. The molecule has 3 rings (SSSR count). The lowest BCUT2D eigenvalue weighted by Gasteiger charge is -2.20. The van der Waals surface area contributed by atoms with Crippen LogP contribution in [0.25, 0.3) is 0 Å². The zero-order chi connectivity index (χ0) is 20.6. The van der Waals surface area contributed by atoms with E-state index in [2.05, 4.69) is 16.0 Å². The second-order valence-electron chi connectivity index (χ2n) is 6.99. The van der Waals surface area contributed by atoms with E-state index in [0.717, 1.165) is 11.1 Å². The van der Waals surface area contributed by atoms with Gasteiger partial charge in [-0.3, -0.25) is 9.59 Å². The number of carbonyl (C=O) groups is 3. The van der Waals surface area contributed by atoms with Crippen molar-refractivity contribution in [2.75, 3.05) is 13.6 Å². The van der Waals surface area contributed by atoms with Crippen LogP contribution in [0.2, 0.25) is 0 Å². The molecule has 0 aliphatic heterocycles. The molecular weight excluding hydrogens is 370 g/mol. The topological polar surface area (TPSA) is 96.5 Å². The minimum Gasteiger partial charge on any atom is -0.445 e. The summed E-state index contributed by atoms with van der Waals surface area (Å²) in [6.45, 7) is -0.0644. The molecule has 7 nitrogen and oxygen atoms in total. The van der Waals surface area contributed by atoms with Crippen molar-refractivity contribution in [1.82, 2.24) is 16.0 Å². The smallest absolute Gasteiger partial charge is 0.407 e. The van der Waals surface area contributed by atoms with Gasteiger partial charge in [0.1, 0.15) is 13.2 Å². The van der Waals surface area contributed by atoms with Crippen LogP contribution in [0.1, 0.15) is 23.6 Å². The van der Waals surface area contributed by atoms with Gasteiger partial charge >= 0.3 is 6.09 Å². The van der Waals surface area contributed by atoms with Gasteiger partial charge in [0.15, 0.2) is 0 Å². The Kier molecular flexibility index (Phi) is 6.84. The normalized spacial score (nSPS) is 18.2. The van der Waals surface area contributed by atoms with E-state index in [1.807, 2.05) is 60.7 Å². The van der Waals surface area contributed by atoms with Crippen molar-refractivity contribution in [3.63, 3.8) is 0 Å². The highest BCUT2D eigenvalue weighted by Crippen LogP contribution is 2.47. The second-order valence-corrected chi connectivity index (χ2v) is 6.99. The third kappa shape index (κ3) is 5.81. The molecule has 2 aromatic rings. The first-order valence-corrected chi connectivity index (χ1v) is 9.59. The first-order valence-electron chi connectivity index (χ1n) is 9.59. The number of nitrogens with one attached hydrogen (secondary N) is 3. The van der Waals surface area contributed by atoms with Gasteiger partial charge in [0.25, 0.3) is 0 Å². The SMILES string of the molecule is CNC(=O)[C@@H]1C[C@H]1[C@@H](NC(=O)CNC(=O)OCc1ccccc1)c1ccccc1. The van der Waals surface area contributed by atoms with Crippen LogP contribution >= 0.6 is 0 Å². The summed E-state index contributed by atoms with van der Waals surface area (Å²) >= 11 is 0. The van der Waals surface area contributed by atoms with Crippen molar-refractivity contribution >= 4 is 17.9 Å². The number of benzene rings is 2. The molecular formula is C22H25N3O4. The van der Waals surface area contributed by atoms with Crippen molar-refractivity contribution < 1.29 is 19.1 Å².